The highest BCUT2D eigenvalue weighted by atomic mass is 35.5. The fourth-order valence-electron chi connectivity index (χ4n) is 4.14. The summed E-state index contributed by atoms with van der Waals surface area (Å²) in [6.07, 6.45) is 2.91. The summed E-state index contributed by atoms with van der Waals surface area (Å²) >= 11 is 7.09. The Bertz CT molecular complexity index is 1120. The van der Waals surface area contributed by atoms with Crippen LogP contribution in [0.4, 0.5) is 10.5 Å². The highest BCUT2D eigenvalue weighted by Crippen LogP contribution is 2.61. The fraction of sp³-hybridized carbons (Fsp3) is 0.565. The molecule has 4 N–H and O–H groups in total. The van der Waals surface area contributed by atoms with Crippen molar-refractivity contribution in [2.75, 3.05) is 30.3 Å². The summed E-state index contributed by atoms with van der Waals surface area (Å²) in [5.74, 6) is 0.146. The number of pyridine rings is 1. The summed E-state index contributed by atoms with van der Waals surface area (Å²) in [5.41, 5.74) is 1.33. The molecule has 2 rings (SSSR count). The van der Waals surface area contributed by atoms with E-state index in [1.807, 2.05) is 13.0 Å². The minimum Gasteiger partial charge on any atom is -0.324 e. The molecule has 0 aliphatic carbocycles. The first kappa shape index (κ1) is 32.2. The maximum Gasteiger partial charge on any atom is 0.340 e. The van der Waals surface area contributed by atoms with Gasteiger partial charge in [-0.25, -0.2) is 0 Å². The van der Waals surface area contributed by atoms with Crippen molar-refractivity contribution < 1.29 is 33.5 Å². The van der Waals surface area contributed by atoms with Gasteiger partial charge in [0.05, 0.1) is 11.2 Å². The number of nitrogens with zero attached hydrogens (tertiary/aromatic N) is 3. The van der Waals surface area contributed by atoms with Gasteiger partial charge in [-0.05, 0) is 76.5 Å². The van der Waals surface area contributed by atoms with E-state index < -0.39 is 27.0 Å². The first-order valence-corrected chi connectivity index (χ1v) is 16.8. The van der Waals surface area contributed by atoms with Crippen LogP contribution >= 0.6 is 38.6 Å². The van der Waals surface area contributed by atoms with Crippen molar-refractivity contribution in [2.24, 2.45) is 0 Å². The molecule has 0 aliphatic heterocycles. The van der Waals surface area contributed by atoms with E-state index in [1.54, 1.807) is 29.3 Å². The molecule has 208 valence electrons. The van der Waals surface area contributed by atoms with E-state index >= 15 is 0 Å². The van der Waals surface area contributed by atoms with Crippen molar-refractivity contribution in [3.63, 3.8) is 0 Å². The van der Waals surface area contributed by atoms with Gasteiger partial charge in [-0.3, -0.25) is 23.8 Å². The number of hydrogen-bond acceptors (Lipinski definition) is 6. The van der Waals surface area contributed by atoms with Crippen molar-refractivity contribution >= 4 is 60.4 Å². The van der Waals surface area contributed by atoms with Crippen LogP contribution in [-0.2, 0) is 9.13 Å². The fourth-order valence-corrected chi connectivity index (χ4v) is 7.81. The maximum absolute atomic E-state index is 13.5. The second-order valence-electron chi connectivity index (χ2n) is 8.80. The van der Waals surface area contributed by atoms with Gasteiger partial charge < -0.3 is 24.5 Å². The molecule has 0 radical (unpaired) electrons. The zero-order valence-electron chi connectivity index (χ0n) is 21.2. The van der Waals surface area contributed by atoms with Crippen LogP contribution in [0.15, 0.2) is 30.5 Å². The predicted octanol–water partition coefficient (Wildman–Crippen LogP) is 5.52. The van der Waals surface area contributed by atoms with Crippen LogP contribution in [0.2, 0.25) is 5.02 Å². The Morgan fingerprint density at radius 1 is 1.05 bits per heavy atom. The number of hydrogen-bond donors (Lipinski definition) is 4. The Morgan fingerprint density at radius 3 is 2.30 bits per heavy atom. The monoisotopic (exact) mass is 595 g/mol. The molecule has 0 saturated carbocycles. The van der Waals surface area contributed by atoms with E-state index in [-0.39, 0.29) is 23.5 Å². The SMILES string of the molecule is CCN(CC)CCCC(C)N(C(=O)SCCCC(P(=O)(O)O)P(=O)(O)O)c1ccnc2cc(Cl)ccc12. The second-order valence-corrected chi connectivity index (χ2v) is 14.3. The number of halogens is 1. The molecule has 0 fully saturated rings. The molecule has 1 aromatic carbocycles. The van der Waals surface area contributed by atoms with Crippen molar-refractivity contribution in [2.45, 2.75) is 57.9 Å². The number of amides is 1. The lowest BCUT2D eigenvalue weighted by atomic mass is 10.1. The molecular weight excluding hydrogens is 560 g/mol. The van der Waals surface area contributed by atoms with Gasteiger partial charge >= 0.3 is 15.2 Å². The van der Waals surface area contributed by atoms with Gasteiger partial charge in [0.25, 0.3) is 5.24 Å². The van der Waals surface area contributed by atoms with Crippen LogP contribution < -0.4 is 4.90 Å². The Morgan fingerprint density at radius 2 is 1.70 bits per heavy atom. The lowest BCUT2D eigenvalue weighted by Gasteiger charge is -2.30. The smallest absolute Gasteiger partial charge is 0.324 e. The normalized spacial score (nSPS) is 13.5. The molecule has 14 heteroatoms. The Kier molecular flexibility index (Phi) is 12.5. The van der Waals surface area contributed by atoms with Crippen LogP contribution in [0.25, 0.3) is 10.9 Å². The number of fused-ring (bicyclic) bond motifs is 1. The van der Waals surface area contributed by atoms with E-state index in [4.69, 9.17) is 11.6 Å². The number of carbonyl (C=O) groups is 1. The average molecular weight is 596 g/mol. The van der Waals surface area contributed by atoms with E-state index in [1.165, 1.54) is 0 Å². The predicted molar refractivity (Wildman–Crippen MR) is 151 cm³/mol. The Balaban J connectivity index is 2.22. The molecule has 10 nitrogen and oxygen atoms in total. The summed E-state index contributed by atoms with van der Waals surface area (Å²) in [5, 5.41) is -1.04. The summed E-state index contributed by atoms with van der Waals surface area (Å²) < 4.78 is 23.1. The Labute approximate surface area is 227 Å². The van der Waals surface area contributed by atoms with Gasteiger partial charge in [0.15, 0.2) is 5.40 Å². The number of anilines is 1. The molecule has 0 aliphatic rings. The highest BCUT2D eigenvalue weighted by Gasteiger charge is 2.42. The van der Waals surface area contributed by atoms with Crippen molar-refractivity contribution in [3.8, 4) is 0 Å². The molecular formula is C23H36ClN3O7P2S. The summed E-state index contributed by atoms with van der Waals surface area (Å²) in [4.78, 5) is 59.2. The quantitative estimate of drug-likeness (QED) is 0.162. The molecule has 1 unspecified atom stereocenters. The number of aromatic nitrogens is 1. The Hall–Kier alpha value is -1.00. The molecule has 1 aromatic heterocycles. The van der Waals surface area contributed by atoms with E-state index in [9.17, 15) is 33.5 Å². The summed E-state index contributed by atoms with van der Waals surface area (Å²) in [7, 11) is -9.98. The van der Waals surface area contributed by atoms with E-state index in [0.29, 0.717) is 16.2 Å². The lowest BCUT2D eigenvalue weighted by Crippen LogP contribution is -2.37. The van der Waals surface area contributed by atoms with Gasteiger partial charge in [0, 0.05) is 28.4 Å². The van der Waals surface area contributed by atoms with Crippen LogP contribution in [0.1, 0.15) is 46.5 Å². The highest BCUT2D eigenvalue weighted by molar-refractivity contribution is 8.13. The van der Waals surface area contributed by atoms with Crippen molar-refractivity contribution in [3.05, 3.63) is 35.5 Å². The molecule has 0 bridgehead atoms. The topological polar surface area (TPSA) is 152 Å². The number of thioether (sulfide) groups is 1. The molecule has 1 atom stereocenters. The molecule has 1 amide bonds. The molecule has 2 aromatic rings. The minimum atomic E-state index is -4.99. The first-order valence-electron chi connectivity index (χ1n) is 12.1. The lowest BCUT2D eigenvalue weighted by molar-refractivity contribution is 0.261. The van der Waals surface area contributed by atoms with Crippen LogP contribution in [0, 0.1) is 0 Å². The number of benzene rings is 1. The third-order valence-electron chi connectivity index (χ3n) is 6.18. The molecule has 0 spiro atoms. The number of carbonyl (C=O) groups excluding carboxylic acids is 1. The van der Waals surface area contributed by atoms with Gasteiger partial charge in [-0.15, -0.1) is 0 Å². The van der Waals surface area contributed by atoms with E-state index in [2.05, 4.69) is 23.7 Å². The van der Waals surface area contributed by atoms with Gasteiger partial charge in [-0.1, -0.05) is 37.2 Å². The van der Waals surface area contributed by atoms with Gasteiger partial charge in [-0.2, -0.15) is 0 Å². The standard InChI is InChI=1S/C23H36ClN3O7P2S/c1-4-26(5-2)14-6-8-17(3)27(21-12-13-25-20-16-18(24)10-11-19(20)21)23(28)37-15-7-9-22(35(29,30)31)36(32,33)34/h10-13,16-17,22H,4-9,14-15H2,1-3H3,(H2,29,30,31)(H2,32,33,34). The van der Waals surface area contributed by atoms with Crippen molar-refractivity contribution in [1.29, 1.82) is 0 Å². The average Bonchev–Trinajstić information content (AvgIpc) is 2.80. The van der Waals surface area contributed by atoms with Crippen LogP contribution in [0.3, 0.4) is 0 Å². The summed E-state index contributed by atoms with van der Waals surface area (Å²) in [6.45, 7) is 8.99. The molecule has 0 saturated heterocycles. The third-order valence-corrected chi connectivity index (χ3v) is 11.2. The van der Waals surface area contributed by atoms with Crippen LogP contribution in [0.5, 0.6) is 0 Å². The molecule has 37 heavy (non-hydrogen) atoms. The zero-order valence-corrected chi connectivity index (χ0v) is 24.6. The van der Waals surface area contributed by atoms with E-state index in [0.717, 1.165) is 49.6 Å². The minimum absolute atomic E-state index is 0.0498. The maximum atomic E-state index is 13.5. The zero-order chi connectivity index (χ0) is 27.8. The molecule has 1 heterocycles. The van der Waals surface area contributed by atoms with Crippen LogP contribution in [-0.4, -0.2) is 71.5 Å². The largest absolute Gasteiger partial charge is 0.340 e. The first-order chi connectivity index (χ1) is 17.3. The van der Waals surface area contributed by atoms with Crippen molar-refractivity contribution in [1.82, 2.24) is 9.88 Å². The number of rotatable bonds is 14. The third kappa shape index (κ3) is 9.60. The van der Waals surface area contributed by atoms with Gasteiger partial charge in [0.1, 0.15) is 0 Å². The van der Waals surface area contributed by atoms with Gasteiger partial charge in [0.2, 0.25) is 0 Å². The second kappa shape index (κ2) is 14.4. The summed E-state index contributed by atoms with van der Waals surface area (Å²) in [6, 6.07) is 6.90.